The van der Waals surface area contributed by atoms with Gasteiger partial charge in [-0.15, -0.1) is 0 Å². The largest absolute Gasteiger partial charge is 0.495 e. The summed E-state index contributed by atoms with van der Waals surface area (Å²) in [6, 6.07) is 7.33. The number of amides is 1. The van der Waals surface area contributed by atoms with Crippen molar-refractivity contribution in [3.63, 3.8) is 0 Å². The van der Waals surface area contributed by atoms with Crippen molar-refractivity contribution in [1.29, 1.82) is 0 Å². The second-order valence-corrected chi connectivity index (χ2v) is 5.33. The standard InChI is InChI=1S/C15H22N2O3/c1-20-13-5-3-2-4-12(13)17-14(19)10-16-11-15(6-7-15)8-9-18/h2-5,16,18H,6-11H2,1H3,(H,17,19). The summed E-state index contributed by atoms with van der Waals surface area (Å²) in [6.45, 7) is 1.27. The minimum Gasteiger partial charge on any atom is -0.495 e. The van der Waals surface area contributed by atoms with Gasteiger partial charge in [-0.3, -0.25) is 4.79 Å². The highest BCUT2D eigenvalue weighted by molar-refractivity contribution is 5.93. The van der Waals surface area contributed by atoms with Crippen molar-refractivity contribution in [2.24, 2.45) is 5.41 Å². The fourth-order valence-corrected chi connectivity index (χ4v) is 2.31. The molecule has 0 spiro atoms. The lowest BCUT2D eigenvalue weighted by molar-refractivity contribution is -0.115. The first-order valence-corrected chi connectivity index (χ1v) is 6.93. The summed E-state index contributed by atoms with van der Waals surface area (Å²) < 4.78 is 5.18. The highest BCUT2D eigenvalue weighted by Crippen LogP contribution is 2.47. The lowest BCUT2D eigenvalue weighted by Gasteiger charge is -2.15. The Hall–Kier alpha value is -1.59. The van der Waals surface area contributed by atoms with Crippen LogP contribution >= 0.6 is 0 Å². The van der Waals surface area contributed by atoms with Crippen LogP contribution in [-0.2, 0) is 4.79 Å². The number of methoxy groups -OCH3 is 1. The normalized spacial score (nSPS) is 15.7. The third-order valence-electron chi connectivity index (χ3n) is 3.77. The molecule has 1 aliphatic rings. The van der Waals surface area contributed by atoms with Crippen molar-refractivity contribution < 1.29 is 14.6 Å². The third-order valence-corrected chi connectivity index (χ3v) is 3.77. The van der Waals surface area contributed by atoms with Gasteiger partial charge in [0.05, 0.1) is 19.3 Å². The van der Waals surface area contributed by atoms with Crippen molar-refractivity contribution in [3.05, 3.63) is 24.3 Å². The third kappa shape index (κ3) is 3.95. The van der Waals surface area contributed by atoms with Gasteiger partial charge in [0.25, 0.3) is 0 Å². The Morgan fingerprint density at radius 3 is 2.80 bits per heavy atom. The van der Waals surface area contributed by atoms with E-state index in [9.17, 15) is 4.79 Å². The van der Waals surface area contributed by atoms with Crippen LogP contribution in [0.2, 0.25) is 0 Å². The Labute approximate surface area is 119 Å². The smallest absolute Gasteiger partial charge is 0.238 e. The second-order valence-electron chi connectivity index (χ2n) is 5.33. The van der Waals surface area contributed by atoms with E-state index >= 15 is 0 Å². The number of nitrogens with one attached hydrogen (secondary N) is 2. The number of rotatable bonds is 8. The molecule has 5 heteroatoms. The van der Waals surface area contributed by atoms with Crippen LogP contribution in [0, 0.1) is 5.41 Å². The first-order chi connectivity index (χ1) is 9.69. The molecule has 20 heavy (non-hydrogen) atoms. The summed E-state index contributed by atoms with van der Waals surface area (Å²) in [7, 11) is 1.58. The zero-order valence-corrected chi connectivity index (χ0v) is 11.8. The second kappa shape index (κ2) is 6.72. The number of benzene rings is 1. The lowest BCUT2D eigenvalue weighted by atomic mass is 10.0. The monoisotopic (exact) mass is 278 g/mol. The SMILES string of the molecule is COc1ccccc1NC(=O)CNCC1(CCO)CC1. The zero-order chi connectivity index (χ0) is 14.4. The van der Waals surface area contributed by atoms with Crippen LogP contribution in [0.15, 0.2) is 24.3 Å². The summed E-state index contributed by atoms with van der Waals surface area (Å²) in [6.07, 6.45) is 3.08. The van der Waals surface area contributed by atoms with Gasteiger partial charge in [0.2, 0.25) is 5.91 Å². The predicted octanol–water partition coefficient (Wildman–Crippen LogP) is 1.39. The summed E-state index contributed by atoms with van der Waals surface area (Å²) in [4.78, 5) is 11.9. The zero-order valence-electron chi connectivity index (χ0n) is 11.8. The van der Waals surface area contributed by atoms with Crippen molar-refractivity contribution >= 4 is 11.6 Å². The number of anilines is 1. The molecule has 0 radical (unpaired) electrons. The van der Waals surface area contributed by atoms with Gasteiger partial charge in [-0.25, -0.2) is 0 Å². The van der Waals surface area contributed by atoms with Gasteiger partial charge in [-0.1, -0.05) is 12.1 Å². The molecule has 1 aromatic carbocycles. The number of aliphatic hydroxyl groups excluding tert-OH is 1. The maximum absolute atomic E-state index is 11.9. The molecule has 5 nitrogen and oxygen atoms in total. The number of carbonyl (C=O) groups is 1. The average Bonchev–Trinajstić information content (AvgIpc) is 3.19. The Balaban J connectivity index is 1.75. The topological polar surface area (TPSA) is 70.6 Å². The van der Waals surface area contributed by atoms with E-state index in [1.54, 1.807) is 7.11 Å². The number of hydrogen-bond donors (Lipinski definition) is 3. The van der Waals surface area contributed by atoms with E-state index in [0.717, 1.165) is 25.8 Å². The van der Waals surface area contributed by atoms with Crippen LogP contribution in [0.1, 0.15) is 19.3 Å². The molecule has 2 rings (SSSR count). The van der Waals surface area contributed by atoms with Crippen molar-refractivity contribution in [3.8, 4) is 5.75 Å². The Morgan fingerprint density at radius 1 is 1.40 bits per heavy atom. The van der Waals surface area contributed by atoms with Crippen LogP contribution in [0.3, 0.4) is 0 Å². The van der Waals surface area contributed by atoms with Crippen molar-refractivity contribution in [1.82, 2.24) is 5.32 Å². The summed E-state index contributed by atoms with van der Waals surface area (Å²) in [5.74, 6) is 0.564. The van der Waals surface area contributed by atoms with E-state index in [-0.39, 0.29) is 24.5 Å². The fraction of sp³-hybridized carbons (Fsp3) is 0.533. The number of carbonyl (C=O) groups excluding carboxylic acids is 1. The van der Waals surface area contributed by atoms with Crippen LogP contribution in [0.4, 0.5) is 5.69 Å². The van der Waals surface area contributed by atoms with E-state index in [1.807, 2.05) is 24.3 Å². The van der Waals surface area contributed by atoms with Gasteiger partial charge in [-0.2, -0.15) is 0 Å². The van der Waals surface area contributed by atoms with E-state index in [4.69, 9.17) is 9.84 Å². The van der Waals surface area contributed by atoms with Crippen LogP contribution in [0.5, 0.6) is 5.75 Å². The highest BCUT2D eigenvalue weighted by atomic mass is 16.5. The van der Waals surface area contributed by atoms with Crippen molar-refractivity contribution in [2.75, 3.05) is 32.1 Å². The Morgan fingerprint density at radius 2 is 2.15 bits per heavy atom. The van der Waals surface area contributed by atoms with Crippen LogP contribution < -0.4 is 15.4 Å². The van der Waals surface area contributed by atoms with Crippen molar-refractivity contribution in [2.45, 2.75) is 19.3 Å². The molecule has 0 bridgehead atoms. The number of para-hydroxylation sites is 2. The molecular formula is C15H22N2O3. The Bertz CT molecular complexity index is 458. The Kier molecular flexibility index (Phi) is 4.98. The summed E-state index contributed by atoms with van der Waals surface area (Å²) >= 11 is 0. The van der Waals surface area contributed by atoms with Gasteiger partial charge >= 0.3 is 0 Å². The molecule has 1 aliphatic carbocycles. The number of ether oxygens (including phenoxy) is 1. The van der Waals surface area contributed by atoms with Crippen LogP contribution in [-0.4, -0.2) is 37.8 Å². The van der Waals surface area contributed by atoms with E-state index in [0.29, 0.717) is 11.4 Å². The van der Waals surface area contributed by atoms with Gasteiger partial charge in [0.1, 0.15) is 5.75 Å². The van der Waals surface area contributed by atoms with Gasteiger partial charge < -0.3 is 20.5 Å². The molecule has 110 valence electrons. The molecule has 0 aliphatic heterocycles. The molecule has 3 N–H and O–H groups in total. The van der Waals surface area contributed by atoms with E-state index in [2.05, 4.69) is 10.6 Å². The minimum atomic E-state index is -0.0886. The predicted molar refractivity (Wildman–Crippen MR) is 77.9 cm³/mol. The first kappa shape index (κ1) is 14.8. The highest BCUT2D eigenvalue weighted by Gasteiger charge is 2.41. The van der Waals surface area contributed by atoms with E-state index < -0.39 is 0 Å². The maximum Gasteiger partial charge on any atom is 0.238 e. The number of hydrogen-bond acceptors (Lipinski definition) is 4. The van der Waals surface area contributed by atoms with Gasteiger partial charge in [0.15, 0.2) is 0 Å². The molecule has 0 atom stereocenters. The van der Waals surface area contributed by atoms with Gasteiger partial charge in [-0.05, 0) is 36.8 Å². The van der Waals surface area contributed by atoms with Crippen LogP contribution in [0.25, 0.3) is 0 Å². The first-order valence-electron chi connectivity index (χ1n) is 6.93. The fourth-order valence-electron chi connectivity index (χ4n) is 2.31. The molecule has 0 aromatic heterocycles. The summed E-state index contributed by atoms with van der Waals surface area (Å²) in [5, 5.41) is 15.0. The quantitative estimate of drug-likeness (QED) is 0.672. The lowest BCUT2D eigenvalue weighted by Crippen LogP contribution is -2.32. The number of aliphatic hydroxyl groups is 1. The summed E-state index contributed by atoms with van der Waals surface area (Å²) in [5.41, 5.74) is 0.901. The molecule has 0 unspecified atom stereocenters. The maximum atomic E-state index is 11.9. The molecule has 1 amide bonds. The minimum absolute atomic E-state index is 0.0886. The van der Waals surface area contributed by atoms with E-state index in [1.165, 1.54) is 0 Å². The molecule has 1 fully saturated rings. The van der Waals surface area contributed by atoms with Gasteiger partial charge in [0, 0.05) is 13.2 Å². The molecule has 1 saturated carbocycles. The molecular weight excluding hydrogens is 256 g/mol. The molecule has 0 saturated heterocycles. The average molecular weight is 278 g/mol. The molecule has 1 aromatic rings. The molecule has 0 heterocycles.